The number of fused-ring (bicyclic) bond motifs is 1. The van der Waals surface area contributed by atoms with Crippen molar-refractivity contribution in [1.82, 2.24) is 19.5 Å². The van der Waals surface area contributed by atoms with Crippen molar-refractivity contribution in [2.75, 3.05) is 7.11 Å². The van der Waals surface area contributed by atoms with Crippen LogP contribution in [-0.2, 0) is 13.0 Å². The number of hydrogen-bond donors (Lipinski definition) is 2. The fraction of sp³-hybridized carbons (Fsp3) is 0.353. The van der Waals surface area contributed by atoms with E-state index in [9.17, 15) is 18.7 Å². The minimum atomic E-state index is -2.96. The zero-order chi connectivity index (χ0) is 19.6. The summed E-state index contributed by atoms with van der Waals surface area (Å²) in [6.07, 6.45) is 0.862. The topological polar surface area (TPSA) is 102 Å². The van der Waals surface area contributed by atoms with Gasteiger partial charge in [0.05, 0.1) is 26.1 Å². The highest BCUT2D eigenvalue weighted by molar-refractivity contribution is 5.70. The largest absolute Gasteiger partial charge is 0.493 e. The maximum Gasteiger partial charge on any atom is 0.387 e. The van der Waals surface area contributed by atoms with Crippen LogP contribution in [0, 0.1) is 0 Å². The summed E-state index contributed by atoms with van der Waals surface area (Å²) in [4.78, 5) is 22.9. The van der Waals surface area contributed by atoms with Gasteiger partial charge in [-0.25, -0.2) is 9.97 Å². The Balaban J connectivity index is 2.01. The molecule has 0 aliphatic heterocycles. The molecule has 144 valence electrons. The summed E-state index contributed by atoms with van der Waals surface area (Å²) >= 11 is 0. The molecule has 1 atom stereocenters. The number of nitrogens with zero attached hydrogens (tertiary/aromatic N) is 3. The van der Waals surface area contributed by atoms with E-state index in [1.165, 1.54) is 19.5 Å². The molecule has 3 rings (SSSR count). The van der Waals surface area contributed by atoms with Gasteiger partial charge in [0, 0.05) is 6.42 Å². The Morgan fingerprint density at radius 1 is 1.33 bits per heavy atom. The van der Waals surface area contributed by atoms with E-state index < -0.39 is 12.7 Å². The summed E-state index contributed by atoms with van der Waals surface area (Å²) in [5.41, 5.74) is 0.841. The van der Waals surface area contributed by atoms with Gasteiger partial charge in [-0.15, -0.1) is 0 Å². The van der Waals surface area contributed by atoms with E-state index in [2.05, 4.69) is 19.7 Å². The molecule has 0 fully saturated rings. The van der Waals surface area contributed by atoms with Crippen LogP contribution in [-0.4, -0.2) is 44.5 Å². The van der Waals surface area contributed by atoms with Crippen LogP contribution in [0.5, 0.6) is 11.5 Å². The second kappa shape index (κ2) is 7.70. The van der Waals surface area contributed by atoms with Crippen LogP contribution in [0.1, 0.15) is 18.3 Å². The van der Waals surface area contributed by atoms with Gasteiger partial charge in [0.15, 0.2) is 22.7 Å². The van der Waals surface area contributed by atoms with Crippen molar-refractivity contribution in [3.8, 4) is 11.5 Å². The van der Waals surface area contributed by atoms with Crippen LogP contribution in [0.15, 0.2) is 29.3 Å². The van der Waals surface area contributed by atoms with Crippen molar-refractivity contribution in [2.24, 2.45) is 0 Å². The first-order chi connectivity index (χ1) is 12.9. The molecule has 0 saturated heterocycles. The van der Waals surface area contributed by atoms with E-state index in [0.717, 1.165) is 0 Å². The molecule has 0 spiro atoms. The Hall–Kier alpha value is -3.01. The Kier molecular flexibility index (Phi) is 5.36. The Labute approximate surface area is 152 Å². The van der Waals surface area contributed by atoms with Crippen molar-refractivity contribution < 1.29 is 23.4 Å². The van der Waals surface area contributed by atoms with E-state index in [0.29, 0.717) is 17.0 Å². The molecule has 2 aromatic heterocycles. The maximum atomic E-state index is 12.5. The van der Waals surface area contributed by atoms with Gasteiger partial charge in [0.2, 0.25) is 0 Å². The second-order valence-electron chi connectivity index (χ2n) is 5.93. The van der Waals surface area contributed by atoms with Crippen molar-refractivity contribution in [3.05, 3.63) is 46.3 Å². The molecule has 8 nitrogen and oxygen atoms in total. The number of aromatic amines is 1. The highest BCUT2D eigenvalue weighted by Crippen LogP contribution is 2.30. The van der Waals surface area contributed by atoms with Crippen LogP contribution in [0.2, 0.25) is 0 Å². The highest BCUT2D eigenvalue weighted by atomic mass is 19.3. The lowest BCUT2D eigenvalue weighted by Gasteiger charge is -2.13. The molecule has 27 heavy (non-hydrogen) atoms. The molecule has 3 aromatic rings. The number of nitrogens with one attached hydrogen (secondary N) is 1. The number of imidazole rings is 1. The van der Waals surface area contributed by atoms with Gasteiger partial charge in [-0.05, 0) is 24.6 Å². The number of H-pyrrole nitrogens is 1. The van der Waals surface area contributed by atoms with E-state index >= 15 is 0 Å². The average molecular weight is 380 g/mol. The number of benzene rings is 1. The number of methoxy groups -OCH3 is 1. The summed E-state index contributed by atoms with van der Waals surface area (Å²) in [5, 5.41) is 9.78. The maximum absolute atomic E-state index is 12.5. The third kappa shape index (κ3) is 4.05. The third-order valence-corrected chi connectivity index (χ3v) is 3.87. The first-order valence-corrected chi connectivity index (χ1v) is 8.11. The lowest BCUT2D eigenvalue weighted by molar-refractivity contribution is -0.0512. The fourth-order valence-corrected chi connectivity index (χ4v) is 2.78. The molecule has 10 heteroatoms. The minimum absolute atomic E-state index is 0.0770. The van der Waals surface area contributed by atoms with E-state index in [4.69, 9.17) is 4.74 Å². The number of rotatable bonds is 7. The molecular weight excluding hydrogens is 362 g/mol. The summed E-state index contributed by atoms with van der Waals surface area (Å²) in [7, 11) is 1.35. The van der Waals surface area contributed by atoms with Crippen LogP contribution in [0.3, 0.4) is 0 Å². The minimum Gasteiger partial charge on any atom is -0.493 e. The van der Waals surface area contributed by atoms with Crippen LogP contribution >= 0.6 is 0 Å². The molecule has 1 unspecified atom stereocenters. The summed E-state index contributed by atoms with van der Waals surface area (Å²) in [6.45, 7) is -1.15. The van der Waals surface area contributed by atoms with Crippen molar-refractivity contribution >= 4 is 11.2 Å². The number of aliphatic hydroxyl groups excluding tert-OH is 1. The van der Waals surface area contributed by atoms with Gasteiger partial charge in [0.25, 0.3) is 5.56 Å². The molecule has 0 aliphatic carbocycles. The molecule has 2 N–H and O–H groups in total. The van der Waals surface area contributed by atoms with Gasteiger partial charge in [-0.2, -0.15) is 8.78 Å². The Morgan fingerprint density at radius 2 is 2.11 bits per heavy atom. The molecule has 1 aromatic carbocycles. The zero-order valence-electron chi connectivity index (χ0n) is 14.6. The highest BCUT2D eigenvalue weighted by Gasteiger charge is 2.17. The second-order valence-corrected chi connectivity index (χ2v) is 5.93. The number of aliphatic hydroxyl groups is 1. The zero-order valence-corrected chi connectivity index (χ0v) is 14.6. The van der Waals surface area contributed by atoms with E-state index in [1.807, 2.05) is 0 Å². The standard InChI is InChI=1S/C17H18F2N4O4/c1-9(24)7-23-13(22-14-15(23)20-8-21-16(14)25)6-10-3-4-11(27-17(18)19)12(5-10)26-2/h3-5,8-9,17,24H,6-7H2,1-2H3,(H,20,21,25). The van der Waals surface area contributed by atoms with Crippen LogP contribution in [0.25, 0.3) is 11.2 Å². The number of aromatic nitrogens is 4. The Bertz CT molecular complexity index is 1000. The smallest absolute Gasteiger partial charge is 0.387 e. The van der Waals surface area contributed by atoms with Crippen molar-refractivity contribution in [3.63, 3.8) is 0 Å². The van der Waals surface area contributed by atoms with Crippen LogP contribution < -0.4 is 15.0 Å². The van der Waals surface area contributed by atoms with Crippen molar-refractivity contribution in [2.45, 2.75) is 32.6 Å². The summed E-state index contributed by atoms with van der Waals surface area (Å²) in [6, 6.07) is 4.54. The van der Waals surface area contributed by atoms with Crippen molar-refractivity contribution in [1.29, 1.82) is 0 Å². The Morgan fingerprint density at radius 3 is 2.78 bits per heavy atom. The molecule has 0 aliphatic rings. The lowest BCUT2D eigenvalue weighted by atomic mass is 10.1. The molecule has 2 heterocycles. The van der Waals surface area contributed by atoms with Gasteiger partial charge in [-0.1, -0.05) is 6.07 Å². The molecule has 0 bridgehead atoms. The predicted octanol–water partition coefficient (Wildman–Crippen LogP) is 1.70. The summed E-state index contributed by atoms with van der Waals surface area (Å²) in [5.74, 6) is 0.577. The van der Waals surface area contributed by atoms with Gasteiger partial charge in [-0.3, -0.25) is 4.79 Å². The number of ether oxygens (including phenoxy) is 2. The molecule has 0 amide bonds. The predicted molar refractivity (Wildman–Crippen MR) is 92.3 cm³/mol. The normalized spacial score (nSPS) is 12.5. The quantitative estimate of drug-likeness (QED) is 0.647. The van der Waals surface area contributed by atoms with Crippen LogP contribution in [0.4, 0.5) is 8.78 Å². The molecule has 0 radical (unpaired) electrons. The number of hydrogen-bond acceptors (Lipinski definition) is 6. The lowest BCUT2D eigenvalue weighted by Crippen LogP contribution is -2.15. The number of alkyl halides is 2. The summed E-state index contributed by atoms with van der Waals surface area (Å²) < 4.78 is 36.1. The average Bonchev–Trinajstić information content (AvgIpc) is 2.94. The van der Waals surface area contributed by atoms with E-state index in [-0.39, 0.29) is 35.5 Å². The SMILES string of the molecule is COc1cc(Cc2nc3c(=O)[nH]cnc3n2CC(C)O)ccc1OC(F)F. The molecular formula is C17H18F2N4O4. The first-order valence-electron chi connectivity index (χ1n) is 8.11. The monoisotopic (exact) mass is 380 g/mol. The van der Waals surface area contributed by atoms with Gasteiger partial charge < -0.3 is 24.1 Å². The first kappa shape index (κ1) is 18.8. The van der Waals surface area contributed by atoms with Gasteiger partial charge in [0.1, 0.15) is 5.82 Å². The van der Waals surface area contributed by atoms with E-state index in [1.54, 1.807) is 23.6 Å². The third-order valence-electron chi connectivity index (χ3n) is 3.87. The van der Waals surface area contributed by atoms with Gasteiger partial charge >= 0.3 is 6.61 Å². The molecule has 0 saturated carbocycles. The number of halogens is 2. The fourth-order valence-electron chi connectivity index (χ4n) is 2.78.